The highest BCUT2D eigenvalue weighted by atomic mass is 16.5. The first-order chi connectivity index (χ1) is 6.29. The zero-order valence-electron chi connectivity index (χ0n) is 7.25. The van der Waals surface area contributed by atoms with Crippen LogP contribution in [-0.4, -0.2) is 12.5 Å². The van der Waals surface area contributed by atoms with E-state index in [1.54, 1.807) is 18.2 Å². The Morgan fingerprint density at radius 3 is 3.00 bits per heavy atom. The molecule has 0 aliphatic heterocycles. The van der Waals surface area contributed by atoms with Crippen molar-refractivity contribution in [2.75, 3.05) is 6.61 Å². The van der Waals surface area contributed by atoms with E-state index in [0.29, 0.717) is 19.4 Å². The van der Waals surface area contributed by atoms with Crippen molar-refractivity contribution in [3.05, 3.63) is 30.3 Å². The summed E-state index contributed by atoms with van der Waals surface area (Å²) in [5.41, 5.74) is 4.97. The predicted molar refractivity (Wildman–Crippen MR) is 48.0 cm³/mol. The van der Waals surface area contributed by atoms with Gasteiger partial charge in [-0.1, -0.05) is 12.1 Å². The van der Waals surface area contributed by atoms with Crippen molar-refractivity contribution in [1.29, 1.82) is 0 Å². The van der Waals surface area contributed by atoms with Crippen LogP contribution < -0.4 is 10.5 Å². The van der Waals surface area contributed by atoms with Crippen LogP contribution in [0.15, 0.2) is 18.2 Å². The van der Waals surface area contributed by atoms with Crippen molar-refractivity contribution in [2.24, 2.45) is 5.73 Å². The van der Waals surface area contributed by atoms with Crippen LogP contribution in [0.25, 0.3) is 0 Å². The van der Waals surface area contributed by atoms with Gasteiger partial charge in [0, 0.05) is 12.5 Å². The Morgan fingerprint density at radius 1 is 1.54 bits per heavy atom. The van der Waals surface area contributed by atoms with Crippen LogP contribution in [0.3, 0.4) is 0 Å². The number of amides is 1. The van der Waals surface area contributed by atoms with Gasteiger partial charge in [-0.2, -0.15) is 0 Å². The van der Waals surface area contributed by atoms with Gasteiger partial charge in [0.2, 0.25) is 5.91 Å². The maximum atomic E-state index is 10.4. The number of hydrogen-bond donors (Lipinski definition) is 1. The maximum absolute atomic E-state index is 10.4. The zero-order chi connectivity index (χ0) is 9.52. The van der Waals surface area contributed by atoms with Crippen molar-refractivity contribution >= 4 is 5.91 Å². The molecule has 2 N–H and O–H groups in total. The second kappa shape index (κ2) is 5.04. The van der Waals surface area contributed by atoms with Crippen molar-refractivity contribution in [2.45, 2.75) is 12.8 Å². The van der Waals surface area contributed by atoms with Gasteiger partial charge in [-0.15, -0.1) is 0 Å². The monoisotopic (exact) mass is 177 g/mol. The Hall–Kier alpha value is -1.69. The number of ether oxygens (including phenoxy) is 1. The molecule has 0 spiro atoms. The minimum absolute atomic E-state index is 0.295. The standard InChI is InChI=1S/C10H11NO2/c11-10(12)7-4-8-13-9-5-2-1-3-6-9/h2,5-6H,4,7-8H2,(H2,11,12). The van der Waals surface area contributed by atoms with Crippen LogP contribution in [0.4, 0.5) is 0 Å². The van der Waals surface area contributed by atoms with E-state index in [2.05, 4.69) is 12.1 Å². The molecular formula is C10H11NO2. The Morgan fingerprint density at radius 2 is 2.38 bits per heavy atom. The van der Waals surface area contributed by atoms with Crippen LogP contribution in [0, 0.1) is 12.1 Å². The van der Waals surface area contributed by atoms with Crippen LogP contribution >= 0.6 is 0 Å². The molecule has 0 heterocycles. The molecule has 0 saturated carbocycles. The summed E-state index contributed by atoms with van der Waals surface area (Å²) >= 11 is 0. The molecule has 0 bridgehead atoms. The summed E-state index contributed by atoms with van der Waals surface area (Å²) in [4.78, 5) is 10.4. The summed E-state index contributed by atoms with van der Waals surface area (Å²) < 4.78 is 5.30. The van der Waals surface area contributed by atoms with E-state index in [1.807, 2.05) is 0 Å². The number of hydrogen-bond acceptors (Lipinski definition) is 2. The minimum Gasteiger partial charge on any atom is -0.493 e. The lowest BCUT2D eigenvalue weighted by Gasteiger charge is -2.02. The molecule has 3 heteroatoms. The maximum Gasteiger partial charge on any atom is 0.217 e. The molecule has 13 heavy (non-hydrogen) atoms. The summed E-state index contributed by atoms with van der Waals surface area (Å²) in [7, 11) is 0. The molecule has 0 radical (unpaired) electrons. The third-order valence-corrected chi connectivity index (χ3v) is 1.46. The highest BCUT2D eigenvalue weighted by Crippen LogP contribution is 2.06. The Balaban J connectivity index is 2.17. The van der Waals surface area contributed by atoms with Gasteiger partial charge in [-0.3, -0.25) is 4.79 Å². The van der Waals surface area contributed by atoms with Crippen molar-refractivity contribution in [3.8, 4) is 5.75 Å². The number of nitrogens with two attached hydrogens (primary N) is 1. The average molecular weight is 177 g/mol. The van der Waals surface area contributed by atoms with Gasteiger partial charge in [-0.25, -0.2) is 0 Å². The second-order valence-electron chi connectivity index (χ2n) is 2.59. The molecule has 0 aliphatic carbocycles. The molecule has 0 aromatic heterocycles. The van der Waals surface area contributed by atoms with E-state index in [-0.39, 0.29) is 5.91 Å². The number of carbonyl (C=O) groups is 1. The molecule has 0 fully saturated rings. The van der Waals surface area contributed by atoms with Gasteiger partial charge in [0.15, 0.2) is 0 Å². The second-order valence-corrected chi connectivity index (χ2v) is 2.59. The number of rotatable bonds is 5. The molecule has 0 atom stereocenters. The third-order valence-electron chi connectivity index (χ3n) is 1.46. The molecule has 0 aliphatic rings. The zero-order valence-corrected chi connectivity index (χ0v) is 7.25. The van der Waals surface area contributed by atoms with Crippen molar-refractivity contribution in [3.63, 3.8) is 0 Å². The number of carbonyl (C=O) groups excluding carboxylic acids is 1. The van der Waals surface area contributed by atoms with E-state index in [0.717, 1.165) is 5.75 Å². The molecular weight excluding hydrogens is 166 g/mol. The quantitative estimate of drug-likeness (QED) is 0.680. The first-order valence-corrected chi connectivity index (χ1v) is 4.08. The van der Waals surface area contributed by atoms with Gasteiger partial charge in [-0.05, 0) is 18.6 Å². The summed E-state index contributed by atoms with van der Waals surface area (Å²) in [5, 5.41) is 0. The van der Waals surface area contributed by atoms with E-state index < -0.39 is 0 Å². The predicted octanol–water partition coefficient (Wildman–Crippen LogP) is 0.931. The lowest BCUT2D eigenvalue weighted by molar-refractivity contribution is -0.118. The average Bonchev–Trinajstić information content (AvgIpc) is 2.14. The summed E-state index contributed by atoms with van der Waals surface area (Å²) in [6, 6.07) is 10.7. The normalized spacial score (nSPS) is 8.92. The fraction of sp³-hybridized carbons (Fsp3) is 0.300. The van der Waals surface area contributed by atoms with Gasteiger partial charge >= 0.3 is 0 Å². The van der Waals surface area contributed by atoms with Gasteiger partial charge in [0.1, 0.15) is 5.75 Å². The number of primary amides is 1. The van der Waals surface area contributed by atoms with Crippen LogP contribution in [0.5, 0.6) is 5.75 Å². The molecule has 3 nitrogen and oxygen atoms in total. The van der Waals surface area contributed by atoms with E-state index >= 15 is 0 Å². The fourth-order valence-corrected chi connectivity index (χ4v) is 0.859. The molecule has 0 saturated heterocycles. The van der Waals surface area contributed by atoms with Crippen LogP contribution in [-0.2, 0) is 4.79 Å². The largest absolute Gasteiger partial charge is 0.493 e. The summed E-state index contributed by atoms with van der Waals surface area (Å²) in [6.45, 7) is 0.501. The topological polar surface area (TPSA) is 52.3 Å². The van der Waals surface area contributed by atoms with E-state index in [4.69, 9.17) is 10.5 Å². The molecule has 0 unspecified atom stereocenters. The first kappa shape index (κ1) is 9.40. The van der Waals surface area contributed by atoms with E-state index in [1.165, 1.54) is 0 Å². The van der Waals surface area contributed by atoms with E-state index in [9.17, 15) is 4.79 Å². The Kier molecular flexibility index (Phi) is 3.65. The van der Waals surface area contributed by atoms with Crippen molar-refractivity contribution in [1.82, 2.24) is 0 Å². The molecule has 1 aromatic rings. The summed E-state index contributed by atoms with van der Waals surface area (Å²) in [5.74, 6) is 0.444. The highest BCUT2D eigenvalue weighted by Gasteiger charge is 1.94. The van der Waals surface area contributed by atoms with Crippen LogP contribution in [0.1, 0.15) is 12.8 Å². The third kappa shape index (κ3) is 4.02. The summed E-state index contributed by atoms with van der Waals surface area (Å²) in [6.07, 6.45) is 1.01. The van der Waals surface area contributed by atoms with Gasteiger partial charge < -0.3 is 10.5 Å². The fourth-order valence-electron chi connectivity index (χ4n) is 0.859. The lowest BCUT2D eigenvalue weighted by Crippen LogP contribution is -2.11. The minimum atomic E-state index is -0.295. The lowest BCUT2D eigenvalue weighted by atomic mass is 10.3. The highest BCUT2D eigenvalue weighted by molar-refractivity contribution is 5.73. The van der Waals surface area contributed by atoms with Gasteiger partial charge in [0.25, 0.3) is 0 Å². The van der Waals surface area contributed by atoms with Crippen molar-refractivity contribution < 1.29 is 9.53 Å². The smallest absolute Gasteiger partial charge is 0.217 e. The Bertz CT molecular complexity index is 259. The SMILES string of the molecule is NC(=O)CCCOc1cc#ccc1. The van der Waals surface area contributed by atoms with Crippen LogP contribution in [0.2, 0.25) is 0 Å². The molecule has 1 aromatic carbocycles. The Labute approximate surface area is 77.5 Å². The first-order valence-electron chi connectivity index (χ1n) is 4.08. The molecule has 68 valence electrons. The van der Waals surface area contributed by atoms with Gasteiger partial charge in [0.05, 0.1) is 6.61 Å². The molecule has 1 amide bonds. The molecule has 1 rings (SSSR count).